The van der Waals surface area contributed by atoms with Crippen LogP contribution in [-0.4, -0.2) is 6.71 Å². The molecule has 3 aromatic heterocycles. The molecule has 14 rings (SSSR count). The first-order valence-corrected chi connectivity index (χ1v) is 26.4. The molecule has 0 saturated heterocycles. The Kier molecular flexibility index (Phi) is 9.57. The maximum atomic E-state index is 2.64. The predicted molar refractivity (Wildman–Crippen MR) is 306 cm³/mol. The summed E-state index contributed by atoms with van der Waals surface area (Å²) in [7, 11) is 0. The van der Waals surface area contributed by atoms with E-state index in [0.717, 1.165) is 17.1 Å². The molecule has 70 heavy (non-hydrogen) atoms. The average Bonchev–Trinajstić information content (AvgIpc) is 4.14. The molecule has 0 radical (unpaired) electrons. The van der Waals surface area contributed by atoms with Crippen LogP contribution in [0.3, 0.4) is 0 Å². The first-order chi connectivity index (χ1) is 34.4. The summed E-state index contributed by atoms with van der Waals surface area (Å²) >= 11 is 5.71. The van der Waals surface area contributed by atoms with E-state index in [2.05, 4.69) is 248 Å². The Labute approximate surface area is 420 Å². The van der Waals surface area contributed by atoms with Crippen LogP contribution in [0.4, 0.5) is 51.2 Å². The lowest BCUT2D eigenvalue weighted by molar-refractivity contribution is 1.20. The summed E-state index contributed by atoms with van der Waals surface area (Å²) in [4.78, 5) is 10.2. The van der Waals surface area contributed by atoms with Crippen molar-refractivity contribution in [2.45, 2.75) is 20.8 Å². The van der Waals surface area contributed by atoms with E-state index in [9.17, 15) is 0 Å². The zero-order valence-electron chi connectivity index (χ0n) is 38.9. The largest absolute Gasteiger partial charge is 0.311 e. The zero-order valence-corrected chi connectivity index (χ0v) is 41.3. The number of hydrogen-bond donors (Lipinski definition) is 0. The standard InChI is InChI=1S/C63H44BN3S3/c1-39-31-53-60-54(32-39)67(61-40(2)17-16-18-41(61)3)52-38-48(65(46-21-6-4-7-22-46)47-23-8-5-9-24-47)29-30-51(52)64(60)63-62(50-25-12-15-28-57(50)70-63)66(53)49-34-44(58-36-42-19-10-13-26-55(42)68-58)33-45(35-49)59-37-43-20-11-14-27-56(43)69-59/h4-38H,1-3H3. The van der Waals surface area contributed by atoms with Crippen LogP contribution in [-0.2, 0) is 0 Å². The van der Waals surface area contributed by atoms with E-state index >= 15 is 0 Å². The quantitative estimate of drug-likeness (QED) is 0.147. The lowest BCUT2D eigenvalue weighted by Crippen LogP contribution is -2.60. The Bertz CT molecular complexity index is 3820. The lowest BCUT2D eigenvalue weighted by atomic mass is 9.36. The number of hydrogen-bond acceptors (Lipinski definition) is 6. The van der Waals surface area contributed by atoms with E-state index in [1.807, 2.05) is 34.0 Å². The fourth-order valence-corrected chi connectivity index (χ4v) is 14.7. The number of rotatable bonds is 7. The number of fused-ring (bicyclic) bond motifs is 8. The molecule has 0 N–H and O–H groups in total. The second-order valence-corrected chi connectivity index (χ2v) is 21.9. The molecule has 5 heterocycles. The third kappa shape index (κ3) is 6.53. The van der Waals surface area contributed by atoms with Gasteiger partial charge in [0.2, 0.25) is 0 Å². The Hall–Kier alpha value is -7.68. The third-order valence-electron chi connectivity index (χ3n) is 14.2. The maximum absolute atomic E-state index is 2.64. The Morgan fingerprint density at radius 3 is 1.59 bits per heavy atom. The molecule has 12 aromatic rings. The van der Waals surface area contributed by atoms with Crippen LogP contribution in [0.2, 0.25) is 0 Å². The highest BCUT2D eigenvalue weighted by Gasteiger charge is 2.46. The molecule has 0 unspecified atom stereocenters. The van der Waals surface area contributed by atoms with Crippen LogP contribution < -0.4 is 30.4 Å². The van der Waals surface area contributed by atoms with E-state index in [1.165, 1.54) is 118 Å². The molecule has 0 aliphatic carbocycles. The van der Waals surface area contributed by atoms with Crippen LogP contribution in [0.25, 0.3) is 51.1 Å². The van der Waals surface area contributed by atoms with Gasteiger partial charge in [-0.05, 0) is 167 Å². The van der Waals surface area contributed by atoms with Gasteiger partial charge >= 0.3 is 0 Å². The van der Waals surface area contributed by atoms with E-state index < -0.39 is 0 Å². The van der Waals surface area contributed by atoms with Gasteiger partial charge in [-0.3, -0.25) is 0 Å². The molecule has 9 aromatic carbocycles. The third-order valence-corrected chi connectivity index (χ3v) is 17.8. The molecule has 3 nitrogen and oxygen atoms in total. The lowest BCUT2D eigenvalue weighted by Gasteiger charge is -2.44. The molecule has 2 aliphatic rings. The van der Waals surface area contributed by atoms with E-state index in [4.69, 9.17) is 0 Å². The average molecular weight is 950 g/mol. The summed E-state index contributed by atoms with van der Waals surface area (Å²) in [5.74, 6) is 0. The van der Waals surface area contributed by atoms with Crippen molar-refractivity contribution < 1.29 is 0 Å². The summed E-state index contributed by atoms with van der Waals surface area (Å²) < 4.78 is 5.27. The van der Waals surface area contributed by atoms with Crippen molar-refractivity contribution in [3.05, 3.63) is 229 Å². The minimum atomic E-state index is -0.00591. The Morgan fingerprint density at radius 2 is 0.971 bits per heavy atom. The van der Waals surface area contributed by atoms with Gasteiger partial charge in [-0.15, -0.1) is 34.0 Å². The first kappa shape index (κ1) is 41.3. The molecule has 0 atom stereocenters. The summed E-state index contributed by atoms with van der Waals surface area (Å²) in [6.45, 7) is 6.81. The molecule has 2 aliphatic heterocycles. The number of anilines is 9. The molecule has 332 valence electrons. The van der Waals surface area contributed by atoms with Crippen molar-refractivity contribution in [3.8, 4) is 20.9 Å². The van der Waals surface area contributed by atoms with E-state index in [1.54, 1.807) is 0 Å². The molecular weight excluding hydrogens is 906 g/mol. The van der Waals surface area contributed by atoms with Gasteiger partial charge in [0.1, 0.15) is 0 Å². The summed E-state index contributed by atoms with van der Waals surface area (Å²) in [6.07, 6.45) is 0. The maximum Gasteiger partial charge on any atom is 0.264 e. The minimum Gasteiger partial charge on any atom is -0.311 e. The zero-order chi connectivity index (χ0) is 46.6. The van der Waals surface area contributed by atoms with Crippen molar-refractivity contribution in [1.29, 1.82) is 0 Å². The monoisotopic (exact) mass is 949 g/mol. The first-order valence-electron chi connectivity index (χ1n) is 23.9. The van der Waals surface area contributed by atoms with E-state index in [-0.39, 0.29) is 6.71 Å². The number of benzene rings is 9. The normalized spacial score (nSPS) is 12.7. The highest BCUT2D eigenvalue weighted by Crippen LogP contribution is 2.52. The van der Waals surface area contributed by atoms with Gasteiger partial charge < -0.3 is 14.7 Å². The van der Waals surface area contributed by atoms with Gasteiger partial charge in [-0.1, -0.05) is 115 Å². The number of para-hydroxylation sites is 3. The molecular formula is C63H44BN3S3. The van der Waals surface area contributed by atoms with Crippen molar-refractivity contribution >= 4 is 138 Å². The van der Waals surface area contributed by atoms with E-state index in [0.29, 0.717) is 0 Å². The van der Waals surface area contributed by atoms with Gasteiger partial charge in [-0.2, -0.15) is 0 Å². The second kappa shape index (κ2) is 16.2. The van der Waals surface area contributed by atoms with Gasteiger partial charge in [0.05, 0.1) is 11.4 Å². The Balaban J connectivity index is 1.06. The predicted octanol–water partition coefficient (Wildman–Crippen LogP) is 17.1. The fraction of sp³-hybridized carbons (Fsp3) is 0.0476. The summed E-state index contributed by atoms with van der Waals surface area (Å²) in [5.41, 5.74) is 19.5. The van der Waals surface area contributed by atoms with Crippen LogP contribution in [0.5, 0.6) is 0 Å². The Morgan fingerprint density at radius 1 is 0.414 bits per heavy atom. The van der Waals surface area contributed by atoms with Crippen molar-refractivity contribution in [3.63, 3.8) is 0 Å². The van der Waals surface area contributed by atoms with Crippen molar-refractivity contribution in [2.24, 2.45) is 0 Å². The minimum absolute atomic E-state index is 0.00591. The van der Waals surface area contributed by atoms with Crippen molar-refractivity contribution in [2.75, 3.05) is 14.7 Å². The second-order valence-electron chi connectivity index (χ2n) is 18.7. The topological polar surface area (TPSA) is 9.72 Å². The molecule has 0 bridgehead atoms. The van der Waals surface area contributed by atoms with Gasteiger partial charge in [0.15, 0.2) is 0 Å². The number of aryl methyl sites for hydroxylation is 3. The number of nitrogens with zero attached hydrogens (tertiary/aromatic N) is 3. The van der Waals surface area contributed by atoms with Crippen LogP contribution >= 0.6 is 34.0 Å². The van der Waals surface area contributed by atoms with Crippen molar-refractivity contribution in [1.82, 2.24) is 0 Å². The van der Waals surface area contributed by atoms with Gasteiger partial charge in [0.25, 0.3) is 6.71 Å². The smallest absolute Gasteiger partial charge is 0.264 e. The summed E-state index contributed by atoms with van der Waals surface area (Å²) in [6, 6.07) is 79.2. The van der Waals surface area contributed by atoms with Crippen LogP contribution in [0.1, 0.15) is 16.7 Å². The molecule has 0 fully saturated rings. The van der Waals surface area contributed by atoms with Gasteiger partial charge in [-0.25, -0.2) is 0 Å². The number of thiophene rings is 3. The summed E-state index contributed by atoms with van der Waals surface area (Å²) in [5, 5.41) is 3.83. The highest BCUT2D eigenvalue weighted by atomic mass is 32.1. The van der Waals surface area contributed by atoms with Gasteiger partial charge in [0, 0.05) is 73.8 Å². The fourth-order valence-electron chi connectivity index (χ4n) is 11.2. The molecule has 0 spiro atoms. The molecule has 7 heteroatoms. The SMILES string of the molecule is Cc1cc2c3c(c1)N(c1cc(-c4cc5ccccc5s4)cc(-c4cc5ccccc5s4)c1)c1c(sc4ccccc14)B3c1ccc(N(c3ccccc3)c3ccccc3)cc1N2c1c(C)cccc1C. The molecule has 0 saturated carbocycles. The molecule has 0 amide bonds. The van der Waals surface area contributed by atoms with Crippen LogP contribution in [0.15, 0.2) is 212 Å². The highest BCUT2D eigenvalue weighted by molar-refractivity contribution is 7.33. The van der Waals surface area contributed by atoms with Crippen LogP contribution in [0, 0.1) is 20.8 Å².